The van der Waals surface area contributed by atoms with Gasteiger partial charge in [-0.2, -0.15) is 10.4 Å². The number of nitrogens with one attached hydrogen (secondary N) is 1. The first-order valence-corrected chi connectivity index (χ1v) is 12.6. The van der Waals surface area contributed by atoms with Crippen molar-refractivity contribution in [1.29, 1.82) is 5.26 Å². The van der Waals surface area contributed by atoms with Crippen molar-refractivity contribution in [3.05, 3.63) is 31.0 Å². The fourth-order valence-electron chi connectivity index (χ4n) is 3.44. The highest BCUT2D eigenvalue weighted by molar-refractivity contribution is 8.32. The maximum Gasteiger partial charge on any atom is 0.145 e. The maximum absolute atomic E-state index is 9.18. The van der Waals surface area contributed by atoms with E-state index in [2.05, 4.69) is 45.2 Å². The Labute approximate surface area is 172 Å². The lowest BCUT2D eigenvalue weighted by Crippen LogP contribution is -2.60. The second-order valence-electron chi connectivity index (χ2n) is 8.41. The monoisotopic (exact) mass is 413 g/mol. The second-order valence-corrected chi connectivity index (χ2v) is 13.0. The molecule has 3 aromatic rings. The van der Waals surface area contributed by atoms with Crippen LogP contribution >= 0.6 is 10.0 Å². The Kier molecular flexibility index (Phi) is 5.34. The molecule has 1 N–H and O–H groups in total. The summed E-state index contributed by atoms with van der Waals surface area (Å²) in [5, 5.41) is 17.9. The van der Waals surface area contributed by atoms with Gasteiger partial charge in [-0.1, -0.05) is 0 Å². The summed E-state index contributed by atoms with van der Waals surface area (Å²) in [6.45, 7) is 2.74. The van der Waals surface area contributed by atoms with Crippen molar-refractivity contribution in [2.24, 2.45) is 0 Å². The highest BCUT2D eigenvalue weighted by Crippen LogP contribution is 2.34. The molecule has 0 saturated carbocycles. The predicted octanol–water partition coefficient (Wildman–Crippen LogP) is 2.18. The van der Waals surface area contributed by atoms with Gasteiger partial charge in [0, 0.05) is 42.2 Å². The van der Waals surface area contributed by atoms with Crippen molar-refractivity contribution >= 4 is 21.1 Å². The fraction of sp³-hybridized carbons (Fsp3) is 0.500. The molecule has 0 amide bonds. The Hall–Kier alpha value is -2.41. The van der Waals surface area contributed by atoms with Crippen molar-refractivity contribution in [1.82, 2.24) is 29.6 Å². The first-order chi connectivity index (χ1) is 13.9. The molecule has 0 radical (unpaired) electrons. The summed E-state index contributed by atoms with van der Waals surface area (Å²) >= 11 is 0. The van der Waals surface area contributed by atoms with Crippen molar-refractivity contribution < 1.29 is 4.74 Å². The maximum atomic E-state index is 9.18. The molecule has 0 bridgehead atoms. The van der Waals surface area contributed by atoms with E-state index in [1.54, 1.807) is 6.33 Å². The lowest BCUT2D eigenvalue weighted by molar-refractivity contribution is 0.0923. The van der Waals surface area contributed by atoms with Crippen LogP contribution in [-0.2, 0) is 17.0 Å². The molecule has 0 atom stereocenters. The van der Waals surface area contributed by atoms with E-state index in [0.29, 0.717) is 13.2 Å². The minimum absolute atomic E-state index is 0.256. The van der Waals surface area contributed by atoms with Crippen LogP contribution in [0.2, 0.25) is 0 Å². The zero-order valence-corrected chi connectivity index (χ0v) is 17.9. The molecule has 9 heteroatoms. The van der Waals surface area contributed by atoms with Crippen LogP contribution in [0.5, 0.6) is 0 Å². The van der Waals surface area contributed by atoms with Crippen LogP contribution < -0.4 is 5.32 Å². The summed E-state index contributed by atoms with van der Waals surface area (Å²) in [4.78, 5) is 8.97. The molecule has 4 rings (SSSR count). The summed E-state index contributed by atoms with van der Waals surface area (Å²) in [5.74, 6) is 1.09. The molecular weight excluding hydrogens is 386 g/mol. The van der Waals surface area contributed by atoms with Gasteiger partial charge < -0.3 is 14.6 Å². The van der Waals surface area contributed by atoms with Gasteiger partial charge >= 0.3 is 0 Å². The number of nitriles is 1. The standard InChI is InChI=1S/C20H27N7OS/c1-29(2,3)9-8-28-15-26-7-4-17-18(23-14-24-19(17)26)16-10-25-27(11-16)20(5-6-21)12-22-13-20/h4,7,10-11,14,22H,5,8-9,12-13,15H2,1-3H3. The summed E-state index contributed by atoms with van der Waals surface area (Å²) in [6.07, 6.45) is 14.7. The van der Waals surface area contributed by atoms with E-state index in [1.807, 2.05) is 33.9 Å². The van der Waals surface area contributed by atoms with Crippen LogP contribution in [-0.4, -0.2) is 68.5 Å². The minimum atomic E-state index is -0.556. The average molecular weight is 414 g/mol. The first kappa shape index (κ1) is 19.9. The third-order valence-electron chi connectivity index (χ3n) is 5.28. The van der Waals surface area contributed by atoms with Crippen LogP contribution in [0.15, 0.2) is 31.0 Å². The molecule has 0 spiro atoms. The predicted molar refractivity (Wildman–Crippen MR) is 116 cm³/mol. The Balaban J connectivity index is 1.55. The number of nitrogens with zero attached hydrogens (tertiary/aromatic N) is 6. The third-order valence-corrected chi connectivity index (χ3v) is 6.68. The van der Waals surface area contributed by atoms with Gasteiger partial charge in [0.2, 0.25) is 0 Å². The van der Waals surface area contributed by atoms with Crippen molar-refractivity contribution in [2.75, 3.05) is 44.2 Å². The zero-order valence-electron chi connectivity index (χ0n) is 17.1. The molecule has 8 nitrogen and oxygen atoms in total. The van der Waals surface area contributed by atoms with E-state index in [1.165, 1.54) is 0 Å². The SMILES string of the molecule is CS(C)(C)CCOCn1ccc2c(-c3cnn(C4(CC#N)CNC4)c3)ncnc21. The van der Waals surface area contributed by atoms with Crippen LogP contribution in [0.25, 0.3) is 22.3 Å². The largest absolute Gasteiger partial charge is 0.360 e. The number of hydrogen-bond acceptors (Lipinski definition) is 6. The van der Waals surface area contributed by atoms with E-state index < -0.39 is 10.0 Å². The average Bonchev–Trinajstić information content (AvgIpc) is 3.28. The van der Waals surface area contributed by atoms with Crippen molar-refractivity contribution in [3.8, 4) is 17.3 Å². The molecule has 3 aromatic heterocycles. The van der Waals surface area contributed by atoms with E-state index >= 15 is 0 Å². The van der Waals surface area contributed by atoms with E-state index in [0.717, 1.165) is 47.7 Å². The van der Waals surface area contributed by atoms with Gasteiger partial charge in [0.15, 0.2) is 0 Å². The van der Waals surface area contributed by atoms with Gasteiger partial charge in [-0.05, 0) is 24.8 Å². The minimum Gasteiger partial charge on any atom is -0.360 e. The number of hydrogen-bond donors (Lipinski definition) is 1. The van der Waals surface area contributed by atoms with Gasteiger partial charge in [0.05, 0.1) is 31.0 Å². The summed E-state index contributed by atoms with van der Waals surface area (Å²) in [7, 11) is -0.556. The lowest BCUT2D eigenvalue weighted by Gasteiger charge is -2.41. The van der Waals surface area contributed by atoms with Gasteiger partial charge in [-0.25, -0.2) is 20.0 Å². The summed E-state index contributed by atoms with van der Waals surface area (Å²) in [6, 6.07) is 4.31. The smallest absolute Gasteiger partial charge is 0.145 e. The molecule has 1 aliphatic rings. The Morgan fingerprint density at radius 3 is 2.83 bits per heavy atom. The van der Waals surface area contributed by atoms with Gasteiger partial charge in [-0.3, -0.25) is 4.68 Å². The molecule has 1 fully saturated rings. The zero-order chi connectivity index (χ0) is 20.5. The molecule has 0 aliphatic carbocycles. The molecule has 1 saturated heterocycles. The number of aromatic nitrogens is 5. The molecule has 29 heavy (non-hydrogen) atoms. The van der Waals surface area contributed by atoms with E-state index in [-0.39, 0.29) is 5.54 Å². The lowest BCUT2D eigenvalue weighted by atomic mass is 9.89. The molecule has 4 heterocycles. The number of rotatable bonds is 8. The van der Waals surface area contributed by atoms with Gasteiger partial charge in [-0.15, -0.1) is 0 Å². The third kappa shape index (κ3) is 4.01. The topological polar surface area (TPSA) is 93.6 Å². The van der Waals surface area contributed by atoms with Crippen molar-refractivity contribution in [3.63, 3.8) is 0 Å². The van der Waals surface area contributed by atoms with Crippen LogP contribution in [0.3, 0.4) is 0 Å². The number of ether oxygens (including phenoxy) is 1. The molecule has 1 aliphatic heterocycles. The first-order valence-electron chi connectivity index (χ1n) is 9.59. The molecule has 0 aromatic carbocycles. The Bertz CT molecular complexity index is 1040. The van der Waals surface area contributed by atoms with Crippen LogP contribution in [0.4, 0.5) is 0 Å². The van der Waals surface area contributed by atoms with Gasteiger partial charge in [0.25, 0.3) is 0 Å². The Morgan fingerprint density at radius 2 is 2.14 bits per heavy atom. The highest BCUT2D eigenvalue weighted by atomic mass is 32.3. The molecule has 0 unspecified atom stereocenters. The fourth-order valence-corrected chi connectivity index (χ4v) is 4.06. The van der Waals surface area contributed by atoms with Crippen molar-refractivity contribution in [2.45, 2.75) is 18.7 Å². The summed E-state index contributed by atoms with van der Waals surface area (Å²) in [5.41, 5.74) is 2.37. The number of fused-ring (bicyclic) bond motifs is 1. The quantitative estimate of drug-likeness (QED) is 0.569. The van der Waals surface area contributed by atoms with Crippen LogP contribution in [0, 0.1) is 11.3 Å². The normalized spacial score (nSPS) is 16.5. The van der Waals surface area contributed by atoms with Crippen LogP contribution in [0.1, 0.15) is 6.42 Å². The Morgan fingerprint density at radius 1 is 1.31 bits per heavy atom. The second kappa shape index (κ2) is 7.78. The van der Waals surface area contributed by atoms with Gasteiger partial charge in [0.1, 0.15) is 24.2 Å². The molecular formula is C20H27N7OS. The van der Waals surface area contributed by atoms with E-state index in [9.17, 15) is 5.26 Å². The van der Waals surface area contributed by atoms with E-state index in [4.69, 9.17) is 4.74 Å². The molecule has 154 valence electrons. The summed E-state index contributed by atoms with van der Waals surface area (Å²) < 4.78 is 9.79. The highest BCUT2D eigenvalue weighted by Gasteiger charge is 2.39.